The van der Waals surface area contributed by atoms with E-state index in [1.807, 2.05) is 24.3 Å². The van der Waals surface area contributed by atoms with Gasteiger partial charge in [0.1, 0.15) is 12.4 Å². The van der Waals surface area contributed by atoms with Crippen molar-refractivity contribution in [1.82, 2.24) is 10.3 Å². The Bertz CT molecular complexity index is 578. The number of hydrogen-bond acceptors (Lipinski definition) is 3. The van der Waals surface area contributed by atoms with Crippen LogP contribution in [0.3, 0.4) is 0 Å². The van der Waals surface area contributed by atoms with Crippen LogP contribution in [-0.2, 0) is 13.2 Å². The molecule has 0 unspecified atom stereocenters. The minimum atomic E-state index is 0.479. The van der Waals surface area contributed by atoms with Gasteiger partial charge in [0, 0.05) is 39.6 Å². The molecule has 0 aliphatic carbocycles. The highest BCUT2D eigenvalue weighted by Gasteiger charge is 2.05. The zero-order valence-corrected chi connectivity index (χ0v) is 13.5. The molecule has 0 aliphatic heterocycles. The van der Waals surface area contributed by atoms with Crippen LogP contribution in [0.15, 0.2) is 41.1 Å². The number of ether oxygens (including phenoxy) is 1. The molecule has 0 fully saturated rings. The highest BCUT2D eigenvalue weighted by molar-refractivity contribution is 9.10. The number of hydrogen-bond donors (Lipinski definition) is 1. The Kier molecular flexibility index (Phi) is 5.83. The maximum atomic E-state index is 6.03. The number of benzene rings is 1. The van der Waals surface area contributed by atoms with Crippen molar-refractivity contribution in [3.05, 3.63) is 57.3 Å². The first kappa shape index (κ1) is 15.3. The molecule has 106 valence electrons. The first-order valence-electron chi connectivity index (χ1n) is 6.40. The quantitative estimate of drug-likeness (QED) is 0.844. The number of pyridine rings is 1. The Morgan fingerprint density at radius 2 is 2.15 bits per heavy atom. The van der Waals surface area contributed by atoms with E-state index in [2.05, 4.69) is 33.2 Å². The van der Waals surface area contributed by atoms with Crippen molar-refractivity contribution in [2.45, 2.75) is 20.1 Å². The summed E-state index contributed by atoms with van der Waals surface area (Å²) in [7, 11) is 0. The first-order valence-corrected chi connectivity index (χ1v) is 7.57. The third kappa shape index (κ3) is 4.47. The number of nitrogens with zero attached hydrogens (tertiary/aromatic N) is 1. The maximum Gasteiger partial charge on any atom is 0.124 e. The Balaban J connectivity index is 2.08. The molecular weight excluding hydrogens is 340 g/mol. The molecule has 0 aliphatic rings. The largest absolute Gasteiger partial charge is 0.489 e. The van der Waals surface area contributed by atoms with Gasteiger partial charge in [-0.15, -0.1) is 0 Å². The highest BCUT2D eigenvalue weighted by Crippen LogP contribution is 2.24. The van der Waals surface area contributed by atoms with Gasteiger partial charge in [0.15, 0.2) is 0 Å². The van der Waals surface area contributed by atoms with Crippen molar-refractivity contribution in [2.24, 2.45) is 0 Å². The minimum Gasteiger partial charge on any atom is -0.489 e. The Hall–Kier alpha value is -1.10. The van der Waals surface area contributed by atoms with Gasteiger partial charge in [-0.1, -0.05) is 18.5 Å². The summed E-state index contributed by atoms with van der Waals surface area (Å²) in [5, 5.41) is 4.00. The molecule has 0 radical (unpaired) electrons. The molecular formula is C15H16BrClN2O. The van der Waals surface area contributed by atoms with E-state index < -0.39 is 0 Å². The number of rotatable bonds is 6. The molecule has 1 heterocycles. The second kappa shape index (κ2) is 7.62. The van der Waals surface area contributed by atoms with Gasteiger partial charge in [-0.25, -0.2) is 0 Å². The van der Waals surface area contributed by atoms with E-state index in [0.29, 0.717) is 6.61 Å². The van der Waals surface area contributed by atoms with Crippen molar-refractivity contribution in [3.8, 4) is 5.75 Å². The molecule has 3 nitrogen and oxygen atoms in total. The van der Waals surface area contributed by atoms with E-state index in [4.69, 9.17) is 16.3 Å². The second-order valence-electron chi connectivity index (χ2n) is 4.33. The summed E-state index contributed by atoms with van der Waals surface area (Å²) in [6, 6.07) is 7.66. The average molecular weight is 356 g/mol. The van der Waals surface area contributed by atoms with Crippen LogP contribution in [0.2, 0.25) is 5.02 Å². The topological polar surface area (TPSA) is 34.1 Å². The molecule has 2 aromatic rings. The van der Waals surface area contributed by atoms with Gasteiger partial charge < -0.3 is 10.1 Å². The van der Waals surface area contributed by atoms with Gasteiger partial charge in [-0.2, -0.15) is 0 Å². The van der Waals surface area contributed by atoms with E-state index in [1.165, 1.54) is 0 Å². The number of nitrogens with one attached hydrogen (secondary N) is 1. The molecule has 1 aromatic carbocycles. The standard InChI is InChI=1S/C15H16BrClN2O/c1-2-18-8-12-6-14(17)3-4-15(12)20-10-11-5-13(16)9-19-7-11/h3-7,9,18H,2,8,10H2,1H3. The Morgan fingerprint density at radius 3 is 2.90 bits per heavy atom. The van der Waals surface area contributed by atoms with E-state index in [-0.39, 0.29) is 0 Å². The van der Waals surface area contributed by atoms with Crippen LogP contribution in [0.4, 0.5) is 0 Å². The fourth-order valence-corrected chi connectivity index (χ4v) is 2.39. The van der Waals surface area contributed by atoms with Crippen molar-refractivity contribution in [3.63, 3.8) is 0 Å². The number of halogens is 2. The van der Waals surface area contributed by atoms with Crippen molar-refractivity contribution in [2.75, 3.05) is 6.54 Å². The van der Waals surface area contributed by atoms with Crippen LogP contribution in [0.5, 0.6) is 5.75 Å². The predicted octanol–water partition coefficient (Wildman–Crippen LogP) is 4.19. The molecule has 0 bridgehead atoms. The van der Waals surface area contributed by atoms with Crippen LogP contribution in [0.1, 0.15) is 18.1 Å². The lowest BCUT2D eigenvalue weighted by atomic mass is 10.2. The summed E-state index contributed by atoms with van der Waals surface area (Å²) in [6.07, 6.45) is 3.55. The molecule has 2 rings (SSSR count). The van der Waals surface area contributed by atoms with E-state index in [0.717, 1.165) is 39.5 Å². The number of aromatic nitrogens is 1. The smallest absolute Gasteiger partial charge is 0.124 e. The third-order valence-electron chi connectivity index (χ3n) is 2.74. The van der Waals surface area contributed by atoms with E-state index in [1.54, 1.807) is 12.4 Å². The fraction of sp³-hybridized carbons (Fsp3) is 0.267. The van der Waals surface area contributed by atoms with Crippen LogP contribution < -0.4 is 10.1 Å². The molecule has 0 amide bonds. The van der Waals surface area contributed by atoms with Gasteiger partial charge in [0.2, 0.25) is 0 Å². The SMILES string of the molecule is CCNCc1cc(Cl)ccc1OCc1cncc(Br)c1. The van der Waals surface area contributed by atoms with Crippen LogP contribution in [0, 0.1) is 0 Å². The lowest BCUT2D eigenvalue weighted by Gasteiger charge is -2.12. The monoisotopic (exact) mass is 354 g/mol. The Morgan fingerprint density at radius 1 is 1.30 bits per heavy atom. The first-order chi connectivity index (χ1) is 9.69. The molecule has 0 spiro atoms. The average Bonchev–Trinajstić information content (AvgIpc) is 2.44. The molecule has 5 heteroatoms. The van der Waals surface area contributed by atoms with Crippen molar-refractivity contribution < 1.29 is 4.74 Å². The second-order valence-corrected chi connectivity index (χ2v) is 5.68. The van der Waals surface area contributed by atoms with E-state index in [9.17, 15) is 0 Å². The third-order valence-corrected chi connectivity index (χ3v) is 3.41. The summed E-state index contributed by atoms with van der Waals surface area (Å²) in [5.74, 6) is 0.843. The molecule has 1 N–H and O–H groups in total. The molecule has 0 saturated carbocycles. The Labute approximate surface area is 132 Å². The lowest BCUT2D eigenvalue weighted by molar-refractivity contribution is 0.301. The summed E-state index contributed by atoms with van der Waals surface area (Å²) in [6.45, 7) is 4.19. The van der Waals surface area contributed by atoms with Gasteiger partial charge in [0.05, 0.1) is 0 Å². The summed E-state index contributed by atoms with van der Waals surface area (Å²) >= 11 is 9.44. The summed E-state index contributed by atoms with van der Waals surface area (Å²) in [4.78, 5) is 4.12. The predicted molar refractivity (Wildman–Crippen MR) is 85.1 cm³/mol. The summed E-state index contributed by atoms with van der Waals surface area (Å²) < 4.78 is 6.82. The van der Waals surface area contributed by atoms with Crippen molar-refractivity contribution in [1.29, 1.82) is 0 Å². The van der Waals surface area contributed by atoms with Crippen LogP contribution in [0.25, 0.3) is 0 Å². The fourth-order valence-electron chi connectivity index (χ4n) is 1.78. The molecule has 0 saturated heterocycles. The summed E-state index contributed by atoms with van der Waals surface area (Å²) in [5.41, 5.74) is 2.08. The molecule has 0 atom stereocenters. The maximum absolute atomic E-state index is 6.03. The van der Waals surface area contributed by atoms with Crippen molar-refractivity contribution >= 4 is 27.5 Å². The van der Waals surface area contributed by atoms with Crippen LogP contribution in [-0.4, -0.2) is 11.5 Å². The van der Waals surface area contributed by atoms with Crippen LogP contribution >= 0.6 is 27.5 Å². The zero-order valence-electron chi connectivity index (χ0n) is 11.2. The highest BCUT2D eigenvalue weighted by atomic mass is 79.9. The minimum absolute atomic E-state index is 0.479. The van der Waals surface area contributed by atoms with Gasteiger partial charge in [-0.3, -0.25) is 4.98 Å². The van der Waals surface area contributed by atoms with Gasteiger partial charge in [0.25, 0.3) is 0 Å². The molecule has 1 aromatic heterocycles. The molecule has 20 heavy (non-hydrogen) atoms. The van der Waals surface area contributed by atoms with Gasteiger partial charge >= 0.3 is 0 Å². The van der Waals surface area contributed by atoms with Gasteiger partial charge in [-0.05, 0) is 46.7 Å². The zero-order chi connectivity index (χ0) is 14.4. The lowest BCUT2D eigenvalue weighted by Crippen LogP contribution is -2.13. The normalized spacial score (nSPS) is 10.6. The van der Waals surface area contributed by atoms with E-state index >= 15 is 0 Å².